The van der Waals surface area contributed by atoms with Crippen LogP contribution in [0.4, 0.5) is 9.59 Å². The van der Waals surface area contributed by atoms with E-state index in [-0.39, 0.29) is 13.0 Å². The van der Waals surface area contributed by atoms with Gasteiger partial charge in [0.1, 0.15) is 5.60 Å². The van der Waals surface area contributed by atoms with Crippen molar-refractivity contribution in [1.82, 2.24) is 9.88 Å². The van der Waals surface area contributed by atoms with Crippen molar-refractivity contribution in [2.75, 3.05) is 6.61 Å². The van der Waals surface area contributed by atoms with E-state index in [9.17, 15) is 19.8 Å². The van der Waals surface area contributed by atoms with Crippen LogP contribution in [0.5, 0.6) is 0 Å². The van der Waals surface area contributed by atoms with E-state index in [1.165, 1.54) is 6.20 Å². The van der Waals surface area contributed by atoms with Gasteiger partial charge in [0.05, 0.1) is 18.2 Å². The molecule has 3 N–H and O–H groups in total. The number of para-hydroxylation sites is 1. The van der Waals surface area contributed by atoms with Gasteiger partial charge in [-0.3, -0.25) is 4.57 Å². The Balaban J connectivity index is 2.21. The molecule has 0 radical (unpaired) electrons. The van der Waals surface area contributed by atoms with Gasteiger partial charge in [0.15, 0.2) is 0 Å². The number of nitrogens with one attached hydrogen (secondary N) is 1. The van der Waals surface area contributed by atoms with Crippen molar-refractivity contribution in [2.45, 2.75) is 38.8 Å². The van der Waals surface area contributed by atoms with Crippen LogP contribution >= 0.6 is 0 Å². The van der Waals surface area contributed by atoms with Gasteiger partial charge in [-0.25, -0.2) is 9.59 Å². The van der Waals surface area contributed by atoms with Crippen LogP contribution in [0.2, 0.25) is 0 Å². The number of rotatable bonds is 4. The number of hydrogen-bond donors (Lipinski definition) is 3. The normalized spacial score (nSPS) is 12.8. The van der Waals surface area contributed by atoms with Crippen LogP contribution in [0.3, 0.4) is 0 Å². The third kappa shape index (κ3) is 4.26. The van der Waals surface area contributed by atoms with E-state index in [4.69, 9.17) is 4.74 Å². The first-order chi connectivity index (χ1) is 11.2. The van der Waals surface area contributed by atoms with E-state index < -0.39 is 23.8 Å². The van der Waals surface area contributed by atoms with Gasteiger partial charge < -0.3 is 20.3 Å². The van der Waals surface area contributed by atoms with E-state index >= 15 is 0 Å². The maximum Gasteiger partial charge on any atom is 0.416 e. The number of carboxylic acid groups (broad SMARTS) is 1. The van der Waals surface area contributed by atoms with Crippen molar-refractivity contribution in [3.63, 3.8) is 0 Å². The SMILES string of the molecule is CC(C)(C)OC(=O)NC(CO)Cc1cn(C(=O)O)c2ccccc12. The fraction of sp³-hybridized carbons (Fsp3) is 0.412. The van der Waals surface area contributed by atoms with Gasteiger partial charge in [-0.1, -0.05) is 18.2 Å². The summed E-state index contributed by atoms with van der Waals surface area (Å²) in [5.74, 6) is 0. The number of carbonyl (C=O) groups excluding carboxylic acids is 1. The smallest absolute Gasteiger partial charge is 0.416 e. The van der Waals surface area contributed by atoms with Crippen LogP contribution in [0.1, 0.15) is 26.3 Å². The molecule has 1 amide bonds. The summed E-state index contributed by atoms with van der Waals surface area (Å²) >= 11 is 0. The molecule has 7 nitrogen and oxygen atoms in total. The highest BCUT2D eigenvalue weighted by molar-refractivity contribution is 5.91. The standard InChI is InChI=1S/C17H22N2O5/c1-17(2,3)24-15(21)18-12(10-20)8-11-9-19(16(22)23)14-7-5-4-6-13(11)14/h4-7,9,12,20H,8,10H2,1-3H3,(H,18,21)(H,22,23). The Morgan fingerprint density at radius 1 is 1.29 bits per heavy atom. The second-order valence-corrected chi connectivity index (χ2v) is 6.55. The molecular formula is C17H22N2O5. The van der Waals surface area contributed by atoms with Gasteiger partial charge in [-0.05, 0) is 38.8 Å². The minimum Gasteiger partial charge on any atom is -0.464 e. The predicted molar refractivity (Wildman–Crippen MR) is 89.3 cm³/mol. The summed E-state index contributed by atoms with van der Waals surface area (Å²) in [6.45, 7) is 4.97. The summed E-state index contributed by atoms with van der Waals surface area (Å²) in [5.41, 5.74) is 0.653. The zero-order valence-corrected chi connectivity index (χ0v) is 13.9. The number of fused-ring (bicyclic) bond motifs is 1. The van der Waals surface area contributed by atoms with Crippen LogP contribution in [0, 0.1) is 0 Å². The molecule has 1 unspecified atom stereocenters. The Kier molecular flexibility index (Phi) is 5.14. The molecule has 1 aromatic heterocycles. The maximum atomic E-state index is 11.9. The first kappa shape index (κ1) is 17.8. The minimum absolute atomic E-state index is 0.286. The topological polar surface area (TPSA) is 101 Å². The van der Waals surface area contributed by atoms with Crippen molar-refractivity contribution < 1.29 is 24.5 Å². The van der Waals surface area contributed by atoms with Crippen molar-refractivity contribution >= 4 is 23.1 Å². The fourth-order valence-electron chi connectivity index (χ4n) is 2.47. The molecule has 0 aliphatic heterocycles. The highest BCUT2D eigenvalue weighted by Crippen LogP contribution is 2.22. The average Bonchev–Trinajstić information content (AvgIpc) is 2.84. The second kappa shape index (κ2) is 6.92. The number of alkyl carbamates (subject to hydrolysis) is 1. The third-order valence-corrected chi connectivity index (χ3v) is 3.41. The quantitative estimate of drug-likeness (QED) is 0.798. The number of aliphatic hydroxyl groups is 1. The van der Waals surface area contributed by atoms with Crippen LogP contribution in [-0.4, -0.2) is 45.2 Å². The van der Waals surface area contributed by atoms with Crippen LogP contribution in [0.25, 0.3) is 10.9 Å². The zero-order chi connectivity index (χ0) is 17.9. The van der Waals surface area contributed by atoms with E-state index in [0.717, 1.165) is 15.5 Å². The first-order valence-corrected chi connectivity index (χ1v) is 7.64. The molecule has 1 atom stereocenters. The number of aromatic nitrogens is 1. The molecule has 0 saturated heterocycles. The molecule has 2 aromatic rings. The van der Waals surface area contributed by atoms with Gasteiger partial charge >= 0.3 is 12.2 Å². The Bertz CT molecular complexity index is 745. The Morgan fingerprint density at radius 2 is 1.96 bits per heavy atom. The Labute approximate surface area is 139 Å². The Morgan fingerprint density at radius 3 is 2.54 bits per heavy atom. The number of nitrogens with zero attached hydrogens (tertiary/aromatic N) is 1. The van der Waals surface area contributed by atoms with E-state index in [1.807, 2.05) is 12.1 Å². The lowest BCUT2D eigenvalue weighted by Gasteiger charge is -2.22. The molecule has 0 spiro atoms. The first-order valence-electron chi connectivity index (χ1n) is 7.64. The maximum absolute atomic E-state index is 11.9. The highest BCUT2D eigenvalue weighted by atomic mass is 16.6. The van der Waals surface area contributed by atoms with Crippen molar-refractivity contribution in [3.05, 3.63) is 36.0 Å². The molecule has 1 heterocycles. The van der Waals surface area contributed by atoms with Crippen molar-refractivity contribution in [1.29, 1.82) is 0 Å². The molecule has 7 heteroatoms. The van der Waals surface area contributed by atoms with Crippen molar-refractivity contribution in [2.24, 2.45) is 0 Å². The van der Waals surface area contributed by atoms with Crippen LogP contribution in [-0.2, 0) is 11.2 Å². The van der Waals surface area contributed by atoms with E-state index in [0.29, 0.717) is 5.52 Å². The number of ether oxygens (including phenoxy) is 1. The second-order valence-electron chi connectivity index (χ2n) is 6.55. The number of carbonyl (C=O) groups is 2. The fourth-order valence-corrected chi connectivity index (χ4v) is 2.47. The third-order valence-electron chi connectivity index (χ3n) is 3.41. The largest absolute Gasteiger partial charge is 0.464 e. The number of amides is 1. The highest BCUT2D eigenvalue weighted by Gasteiger charge is 2.21. The summed E-state index contributed by atoms with van der Waals surface area (Å²) in [5, 5.41) is 22.2. The number of aliphatic hydroxyl groups excluding tert-OH is 1. The average molecular weight is 334 g/mol. The summed E-state index contributed by atoms with van der Waals surface area (Å²) in [7, 11) is 0. The molecule has 0 bridgehead atoms. The van der Waals surface area contributed by atoms with Crippen LogP contribution < -0.4 is 5.32 Å². The molecule has 2 rings (SSSR count). The lowest BCUT2D eigenvalue weighted by atomic mass is 10.1. The minimum atomic E-state index is -1.09. The molecular weight excluding hydrogens is 312 g/mol. The number of hydrogen-bond acceptors (Lipinski definition) is 4. The molecule has 1 aromatic carbocycles. The molecule has 24 heavy (non-hydrogen) atoms. The predicted octanol–water partition coefficient (Wildman–Crippen LogP) is 2.60. The number of benzene rings is 1. The van der Waals surface area contributed by atoms with E-state index in [2.05, 4.69) is 5.32 Å². The molecule has 0 fully saturated rings. The lowest BCUT2D eigenvalue weighted by molar-refractivity contribution is 0.0483. The summed E-state index contributed by atoms with van der Waals surface area (Å²) < 4.78 is 6.31. The van der Waals surface area contributed by atoms with Gasteiger partial charge in [-0.15, -0.1) is 0 Å². The van der Waals surface area contributed by atoms with Gasteiger partial charge in [0.2, 0.25) is 0 Å². The molecule has 0 saturated carbocycles. The summed E-state index contributed by atoms with van der Waals surface area (Å²) in [6, 6.07) is 6.52. The van der Waals surface area contributed by atoms with Crippen LogP contribution in [0.15, 0.2) is 30.5 Å². The zero-order valence-electron chi connectivity index (χ0n) is 13.9. The van der Waals surface area contributed by atoms with Gasteiger partial charge in [0.25, 0.3) is 0 Å². The van der Waals surface area contributed by atoms with Gasteiger partial charge in [0, 0.05) is 11.6 Å². The van der Waals surface area contributed by atoms with Crippen molar-refractivity contribution in [3.8, 4) is 0 Å². The lowest BCUT2D eigenvalue weighted by Crippen LogP contribution is -2.42. The molecule has 0 aliphatic carbocycles. The summed E-state index contributed by atoms with van der Waals surface area (Å²) in [4.78, 5) is 23.2. The molecule has 0 aliphatic rings. The van der Waals surface area contributed by atoms with E-state index in [1.54, 1.807) is 32.9 Å². The summed E-state index contributed by atoms with van der Waals surface area (Å²) in [6.07, 6.45) is 0.0878. The monoisotopic (exact) mass is 334 g/mol. The Hall–Kier alpha value is -2.54. The van der Waals surface area contributed by atoms with Gasteiger partial charge in [-0.2, -0.15) is 0 Å². The molecule has 130 valence electrons.